The summed E-state index contributed by atoms with van der Waals surface area (Å²) in [5.41, 5.74) is 21.4. The Morgan fingerprint density at radius 1 is 0.162 bits per heavy atom. The summed E-state index contributed by atoms with van der Waals surface area (Å²) in [7, 11) is 0. The first-order valence-corrected chi connectivity index (χ1v) is 45.4. The number of hydrogen-bond donors (Lipinski definition) is 0. The van der Waals surface area contributed by atoms with Gasteiger partial charge in [-0.1, -0.05) is 109 Å². The van der Waals surface area contributed by atoms with Crippen LogP contribution in [-0.4, -0.2) is 183 Å². The summed E-state index contributed by atoms with van der Waals surface area (Å²) in [5, 5.41) is 0. The van der Waals surface area contributed by atoms with Crippen molar-refractivity contribution in [2.75, 3.05) is 119 Å². The van der Waals surface area contributed by atoms with Gasteiger partial charge in [-0.3, -0.25) is 64.7 Å². The second-order valence-corrected chi connectivity index (χ2v) is 31.9. The van der Waals surface area contributed by atoms with Gasteiger partial charge in [0.25, 0.3) is 0 Å². The molecular formula is C108H111N13O15. The Hall–Kier alpha value is -14.1. The van der Waals surface area contributed by atoms with E-state index in [0.717, 1.165) is 135 Å². The second-order valence-electron chi connectivity index (χ2n) is 31.9. The van der Waals surface area contributed by atoms with E-state index in [1.54, 1.807) is 18.6 Å². The maximum atomic E-state index is 6.47. The molecule has 0 aliphatic carbocycles. The number of ether oxygens (including phenoxy) is 15. The fourth-order valence-electron chi connectivity index (χ4n) is 13.8. The maximum Gasteiger partial charge on any atom is 0.161 e. The summed E-state index contributed by atoms with van der Waals surface area (Å²) < 4.78 is 91.6. The number of hydrogen-bond acceptors (Lipinski definition) is 28. The van der Waals surface area contributed by atoms with Crippen LogP contribution in [0.2, 0.25) is 0 Å². The van der Waals surface area contributed by atoms with Crippen LogP contribution in [0.5, 0.6) is 34.5 Å². The van der Waals surface area contributed by atoms with Gasteiger partial charge in [-0.05, 0) is 197 Å². The van der Waals surface area contributed by atoms with Crippen molar-refractivity contribution in [3.8, 4) is 103 Å². The van der Waals surface area contributed by atoms with E-state index in [1.807, 2.05) is 295 Å². The molecule has 0 amide bonds. The lowest BCUT2D eigenvalue weighted by atomic mass is 10.2. The minimum absolute atomic E-state index is 0.296. The molecule has 698 valence electrons. The average molecular weight is 1830 g/mol. The normalized spacial score (nSPS) is 11.3. The van der Waals surface area contributed by atoms with Crippen LogP contribution in [-0.2, 0) is 102 Å². The van der Waals surface area contributed by atoms with E-state index < -0.39 is 0 Å². The van der Waals surface area contributed by atoms with E-state index >= 15 is 0 Å². The molecular weight excluding hydrogens is 1720 g/mol. The first-order chi connectivity index (χ1) is 67.1. The maximum absolute atomic E-state index is 6.47. The molecule has 0 unspecified atom stereocenters. The zero-order valence-electron chi connectivity index (χ0n) is 76.7. The molecule has 136 heavy (non-hydrogen) atoms. The van der Waals surface area contributed by atoms with Crippen LogP contribution in [0.1, 0.15) is 66.8 Å². The minimum atomic E-state index is 0.296. The molecule has 0 saturated heterocycles. The largest absolute Gasteiger partial charge is 0.488 e. The van der Waals surface area contributed by atoms with Gasteiger partial charge in [0.1, 0.15) is 39.6 Å². The van der Waals surface area contributed by atoms with E-state index in [2.05, 4.69) is 64.7 Å². The van der Waals surface area contributed by atoms with Gasteiger partial charge < -0.3 is 71.1 Å². The number of benzene rings is 3. The number of aryl methyl sites for hydroxylation is 3. The molecule has 12 aromatic heterocycles. The lowest BCUT2D eigenvalue weighted by molar-refractivity contribution is 0.0337. The van der Waals surface area contributed by atoms with Gasteiger partial charge in [0, 0.05) is 94.0 Å². The van der Waals surface area contributed by atoms with Gasteiger partial charge >= 0.3 is 0 Å². The number of pyridine rings is 12. The molecule has 0 fully saturated rings. The van der Waals surface area contributed by atoms with Gasteiger partial charge in [-0.25, -0.2) is 0 Å². The summed E-state index contributed by atoms with van der Waals surface area (Å²) in [6, 6.07) is 70.4. The lowest BCUT2D eigenvalue weighted by Crippen LogP contribution is -2.35. The van der Waals surface area contributed by atoms with Crippen molar-refractivity contribution < 1.29 is 71.1 Å². The summed E-state index contributed by atoms with van der Waals surface area (Å²) in [4.78, 5) is 57.3. The molecule has 15 rings (SSSR count). The van der Waals surface area contributed by atoms with Crippen molar-refractivity contribution in [1.82, 2.24) is 64.7 Å². The second kappa shape index (κ2) is 53.1. The topological polar surface area (TPSA) is 296 Å². The van der Waals surface area contributed by atoms with Crippen molar-refractivity contribution >= 4 is 0 Å². The molecule has 3 aromatic carbocycles. The SMILES string of the molecule is Cc1ccc(-c2ccc(COCCOCc3ccc(-c4ccc(COCCOc5ccccc5OCCN(CCOc5ccccc5OCCOCc5ccc(-c6ccc(COCCOCc7ccc(-c8ccc(C)cn8)nc7)cn6)nc5)CCOc5ccccc5OCCOCc5ccc(-c6ccc(COCCOCc7ccc(-c8ccc(C)cn8)nc7)cn6)nc5)cn4)nc3)cn2)nc1. The van der Waals surface area contributed by atoms with Crippen molar-refractivity contribution in [3.63, 3.8) is 0 Å². The van der Waals surface area contributed by atoms with Crippen LogP contribution < -0.4 is 28.4 Å². The molecule has 0 aliphatic heterocycles. The quantitative estimate of drug-likeness (QED) is 0.0320. The fourth-order valence-corrected chi connectivity index (χ4v) is 13.8. The predicted octanol–water partition coefficient (Wildman–Crippen LogP) is 18.2. The zero-order chi connectivity index (χ0) is 93.0. The van der Waals surface area contributed by atoms with E-state index in [1.165, 1.54) is 0 Å². The molecule has 28 heteroatoms. The van der Waals surface area contributed by atoms with Gasteiger partial charge in [0.05, 0.1) is 187 Å². The Bertz CT molecular complexity index is 5430. The van der Waals surface area contributed by atoms with Crippen molar-refractivity contribution in [1.29, 1.82) is 0 Å². The Morgan fingerprint density at radius 2 is 0.309 bits per heavy atom. The first-order valence-electron chi connectivity index (χ1n) is 45.4. The first kappa shape index (κ1) is 96.4. The highest BCUT2D eigenvalue weighted by molar-refractivity contribution is 5.59. The highest BCUT2D eigenvalue weighted by Gasteiger charge is 2.17. The van der Waals surface area contributed by atoms with E-state index in [4.69, 9.17) is 71.1 Å². The van der Waals surface area contributed by atoms with Gasteiger partial charge in [-0.2, -0.15) is 0 Å². The summed E-state index contributed by atoms with van der Waals surface area (Å²) in [6.07, 6.45) is 21.8. The lowest BCUT2D eigenvalue weighted by Gasteiger charge is -2.23. The Balaban J connectivity index is 0.472. The molecule has 0 atom stereocenters. The third kappa shape index (κ3) is 31.5. The third-order valence-electron chi connectivity index (χ3n) is 21.3. The van der Waals surface area contributed by atoms with Crippen molar-refractivity contribution in [2.45, 2.75) is 80.2 Å². The molecule has 0 saturated carbocycles. The van der Waals surface area contributed by atoms with E-state index in [0.29, 0.717) is 213 Å². The monoisotopic (exact) mass is 1830 g/mol. The number of aromatic nitrogens is 12. The van der Waals surface area contributed by atoms with Crippen LogP contribution >= 0.6 is 0 Å². The Morgan fingerprint density at radius 3 is 0.456 bits per heavy atom. The highest BCUT2D eigenvalue weighted by atomic mass is 16.6. The Labute approximate surface area is 792 Å². The van der Waals surface area contributed by atoms with E-state index in [-0.39, 0.29) is 0 Å². The number of rotatable bonds is 57. The van der Waals surface area contributed by atoms with Gasteiger partial charge in [0.2, 0.25) is 0 Å². The highest BCUT2D eigenvalue weighted by Crippen LogP contribution is 2.31. The van der Waals surface area contributed by atoms with Crippen LogP contribution in [0.25, 0.3) is 68.3 Å². The number of para-hydroxylation sites is 6. The van der Waals surface area contributed by atoms with Crippen LogP contribution in [0.15, 0.2) is 293 Å². The predicted molar refractivity (Wildman–Crippen MR) is 515 cm³/mol. The van der Waals surface area contributed by atoms with Crippen LogP contribution in [0.3, 0.4) is 0 Å². The van der Waals surface area contributed by atoms with E-state index in [9.17, 15) is 0 Å². The van der Waals surface area contributed by atoms with Gasteiger partial charge in [-0.15, -0.1) is 0 Å². The fraction of sp³-hybridized carbons (Fsp3) is 0.278. The molecule has 0 spiro atoms. The summed E-state index contributed by atoms with van der Waals surface area (Å²) >= 11 is 0. The minimum Gasteiger partial charge on any atom is -0.488 e. The summed E-state index contributed by atoms with van der Waals surface area (Å²) in [5.74, 6) is 3.63. The number of nitrogens with zero attached hydrogens (tertiary/aromatic N) is 13. The molecule has 15 aromatic rings. The van der Waals surface area contributed by atoms with Crippen molar-refractivity contribution in [2.24, 2.45) is 0 Å². The van der Waals surface area contributed by atoms with Crippen LogP contribution in [0, 0.1) is 20.8 Å². The smallest absolute Gasteiger partial charge is 0.161 e. The van der Waals surface area contributed by atoms with Crippen LogP contribution in [0.4, 0.5) is 0 Å². The Kier molecular flexibility index (Phi) is 37.6. The molecule has 28 nitrogen and oxygen atoms in total. The standard InChI is InChI=1S/C108H111N13O15/c1-79-16-28-91(109-58-79)94-31-19-82(61-112-94)70-122-46-49-125-73-85-22-34-97(115-64-85)100-37-25-88(67-118-100)76-128-52-55-134-106-13-7-4-10-103(106)131-43-40-121(41-44-132-104-11-5-8-14-107(104)135-56-53-129-77-89-26-38-101(119-68-89)98-35-23-86(65-116-98)74-126-50-47-123-71-83-20-32-95(113-62-83)92-29-17-80(2)59-110-92)42-45-133-105-12-6-9-15-108(105)136-57-54-130-78-90-27-39-102(120-69-90)99-36-24-87(66-117-99)75-127-51-48-124-72-84-21-33-96(114-63-84)93-30-18-81(3)60-111-93/h4-39,58-69H,40-57,70-78H2,1-3H3. The molecule has 0 N–H and O–H groups in total. The molecule has 12 heterocycles. The molecule has 0 aliphatic rings. The van der Waals surface area contributed by atoms with Crippen molar-refractivity contribution in [3.05, 3.63) is 360 Å². The third-order valence-corrected chi connectivity index (χ3v) is 21.3. The molecule has 0 bridgehead atoms. The molecule has 0 radical (unpaired) electrons. The van der Waals surface area contributed by atoms with Gasteiger partial charge in [0.15, 0.2) is 34.5 Å². The average Bonchev–Trinajstić information content (AvgIpc) is 0.857. The summed E-state index contributed by atoms with van der Waals surface area (Å²) in [6.45, 7) is 16.8. The zero-order valence-corrected chi connectivity index (χ0v) is 76.7.